The molecule has 0 unspecified atom stereocenters. The Labute approximate surface area is 160 Å². The van der Waals surface area contributed by atoms with Crippen LogP contribution in [0.1, 0.15) is 43.7 Å². The van der Waals surface area contributed by atoms with Gasteiger partial charge < -0.3 is 14.6 Å². The zero-order valence-electron chi connectivity index (χ0n) is 15.7. The molecule has 1 saturated carbocycles. The monoisotopic (exact) mass is 368 g/mol. The van der Waals surface area contributed by atoms with Crippen molar-refractivity contribution in [3.05, 3.63) is 48.8 Å². The Morgan fingerprint density at radius 3 is 2.74 bits per heavy atom. The van der Waals surface area contributed by atoms with E-state index in [0.717, 1.165) is 45.2 Å². The number of amides is 1. The van der Waals surface area contributed by atoms with Crippen molar-refractivity contribution in [1.29, 1.82) is 0 Å². The first-order chi connectivity index (χ1) is 13.2. The van der Waals surface area contributed by atoms with Crippen LogP contribution < -0.4 is 0 Å². The maximum Gasteiger partial charge on any atom is 0.222 e. The van der Waals surface area contributed by atoms with Crippen molar-refractivity contribution >= 4 is 5.91 Å². The van der Waals surface area contributed by atoms with Gasteiger partial charge in [0.1, 0.15) is 0 Å². The van der Waals surface area contributed by atoms with Gasteiger partial charge >= 0.3 is 0 Å². The molecule has 0 aromatic carbocycles. The van der Waals surface area contributed by atoms with Gasteiger partial charge in [0.2, 0.25) is 5.91 Å². The molecule has 0 spiro atoms. The lowest BCUT2D eigenvalue weighted by atomic mass is 9.77. The summed E-state index contributed by atoms with van der Waals surface area (Å²) in [6.45, 7) is 1.64. The second-order valence-electron chi connectivity index (χ2n) is 8.00. The van der Waals surface area contributed by atoms with Gasteiger partial charge in [-0.05, 0) is 55.6 Å². The van der Waals surface area contributed by atoms with E-state index in [1.165, 1.54) is 5.56 Å². The summed E-state index contributed by atoms with van der Waals surface area (Å²) in [5.74, 6) is 1.18. The first-order valence-corrected chi connectivity index (χ1v) is 10.0. The molecular formula is C21H28N4O2. The first kappa shape index (κ1) is 18.2. The second-order valence-corrected chi connectivity index (χ2v) is 8.00. The summed E-state index contributed by atoms with van der Waals surface area (Å²) >= 11 is 0. The standard InChI is InChI=1S/C21H28N4O2/c26-20-11-18-14-25(13-17(18)10-19(20)24-9-8-23-15-24)21(27)6-2-1-4-16-5-3-7-22-12-16/h3,5,7-9,12,15,17-20,26H,1-2,4,6,10-11,13-14H2/t17-,18+,19-,20-/m1/s1. The zero-order valence-corrected chi connectivity index (χ0v) is 15.7. The third-order valence-electron chi connectivity index (χ3n) is 6.20. The van der Waals surface area contributed by atoms with E-state index < -0.39 is 0 Å². The number of hydrogen-bond acceptors (Lipinski definition) is 4. The molecule has 0 bridgehead atoms. The Hall–Kier alpha value is -2.21. The van der Waals surface area contributed by atoms with Crippen LogP contribution >= 0.6 is 0 Å². The van der Waals surface area contributed by atoms with Gasteiger partial charge in [0, 0.05) is 44.3 Å². The minimum Gasteiger partial charge on any atom is -0.391 e. The van der Waals surface area contributed by atoms with Crippen LogP contribution in [0.4, 0.5) is 0 Å². The molecule has 6 heteroatoms. The quantitative estimate of drug-likeness (QED) is 0.795. The number of nitrogens with zero attached hydrogens (tertiary/aromatic N) is 4. The fraction of sp³-hybridized carbons (Fsp3) is 0.571. The summed E-state index contributed by atoms with van der Waals surface area (Å²) in [6, 6.07) is 4.13. The molecule has 27 heavy (non-hydrogen) atoms. The molecule has 1 saturated heterocycles. The number of rotatable bonds is 6. The highest BCUT2D eigenvalue weighted by molar-refractivity contribution is 5.76. The van der Waals surface area contributed by atoms with Gasteiger partial charge in [0.15, 0.2) is 0 Å². The van der Waals surface area contributed by atoms with Gasteiger partial charge in [0.05, 0.1) is 18.5 Å². The summed E-state index contributed by atoms with van der Waals surface area (Å²) in [5.41, 5.74) is 1.23. The molecule has 2 aliphatic rings. The van der Waals surface area contributed by atoms with Crippen molar-refractivity contribution in [1.82, 2.24) is 19.4 Å². The largest absolute Gasteiger partial charge is 0.391 e. The normalized spacial score (nSPS) is 27.5. The predicted octanol–water partition coefficient (Wildman–Crippen LogP) is 2.46. The number of aliphatic hydroxyl groups excluding tert-OH is 1. The van der Waals surface area contributed by atoms with Crippen LogP contribution in [-0.2, 0) is 11.2 Å². The molecule has 2 aromatic rings. The molecule has 1 N–H and O–H groups in total. The lowest BCUT2D eigenvalue weighted by Crippen LogP contribution is -2.35. The molecule has 144 valence electrons. The number of imidazole rings is 1. The molecule has 2 fully saturated rings. The highest BCUT2D eigenvalue weighted by atomic mass is 16.3. The van der Waals surface area contributed by atoms with Crippen molar-refractivity contribution in [2.45, 2.75) is 50.7 Å². The van der Waals surface area contributed by atoms with Crippen LogP contribution in [0.25, 0.3) is 0 Å². The Morgan fingerprint density at radius 2 is 2.00 bits per heavy atom. The Bertz CT molecular complexity index is 734. The summed E-state index contributed by atoms with van der Waals surface area (Å²) in [7, 11) is 0. The summed E-state index contributed by atoms with van der Waals surface area (Å²) in [6.07, 6.45) is 14.0. The highest BCUT2D eigenvalue weighted by Gasteiger charge is 2.43. The molecule has 4 rings (SSSR count). The minimum absolute atomic E-state index is 0.0864. The van der Waals surface area contributed by atoms with Gasteiger partial charge in [-0.2, -0.15) is 0 Å². The molecule has 2 aromatic heterocycles. The van der Waals surface area contributed by atoms with Crippen LogP contribution in [-0.4, -0.2) is 49.6 Å². The van der Waals surface area contributed by atoms with Gasteiger partial charge in [-0.25, -0.2) is 4.98 Å². The highest BCUT2D eigenvalue weighted by Crippen LogP contribution is 2.41. The predicted molar refractivity (Wildman–Crippen MR) is 102 cm³/mol. The van der Waals surface area contributed by atoms with Gasteiger partial charge in [-0.3, -0.25) is 9.78 Å². The number of pyridine rings is 1. The minimum atomic E-state index is -0.352. The number of likely N-dealkylation sites (tertiary alicyclic amines) is 1. The molecule has 1 amide bonds. The fourth-order valence-electron chi connectivity index (χ4n) is 4.71. The number of carbonyl (C=O) groups is 1. The number of carbonyl (C=O) groups excluding carboxylic acids is 1. The lowest BCUT2D eigenvalue weighted by molar-refractivity contribution is -0.130. The smallest absolute Gasteiger partial charge is 0.222 e. The van der Waals surface area contributed by atoms with Gasteiger partial charge in [0.25, 0.3) is 0 Å². The van der Waals surface area contributed by atoms with E-state index in [2.05, 4.69) is 16.0 Å². The summed E-state index contributed by atoms with van der Waals surface area (Å²) in [5, 5.41) is 10.5. The molecule has 6 nitrogen and oxygen atoms in total. The SMILES string of the molecule is O=C(CCCCc1cccnc1)N1C[C@H]2C[C@@H](n3ccnc3)[C@H](O)C[C@H]2C1. The van der Waals surface area contributed by atoms with Crippen molar-refractivity contribution in [2.75, 3.05) is 13.1 Å². The van der Waals surface area contributed by atoms with Gasteiger partial charge in [-0.15, -0.1) is 0 Å². The van der Waals surface area contributed by atoms with Crippen LogP contribution in [0.2, 0.25) is 0 Å². The average Bonchev–Trinajstić information content (AvgIpc) is 3.34. The number of aliphatic hydroxyl groups is 1. The van der Waals surface area contributed by atoms with Crippen LogP contribution in [0.5, 0.6) is 0 Å². The van der Waals surface area contributed by atoms with E-state index in [1.54, 1.807) is 18.7 Å². The van der Waals surface area contributed by atoms with E-state index in [1.807, 2.05) is 27.9 Å². The number of fused-ring (bicyclic) bond motifs is 1. The molecule has 0 radical (unpaired) electrons. The third-order valence-corrected chi connectivity index (χ3v) is 6.20. The molecule has 1 aliphatic heterocycles. The fourth-order valence-corrected chi connectivity index (χ4v) is 4.71. The van der Waals surface area contributed by atoms with E-state index in [0.29, 0.717) is 18.3 Å². The maximum absolute atomic E-state index is 12.6. The maximum atomic E-state index is 12.6. The summed E-state index contributed by atoms with van der Waals surface area (Å²) < 4.78 is 2.02. The van der Waals surface area contributed by atoms with Gasteiger partial charge in [-0.1, -0.05) is 6.07 Å². The van der Waals surface area contributed by atoms with E-state index in [-0.39, 0.29) is 18.1 Å². The van der Waals surface area contributed by atoms with Crippen LogP contribution in [0.3, 0.4) is 0 Å². The molecular weight excluding hydrogens is 340 g/mol. The topological polar surface area (TPSA) is 71.2 Å². The third kappa shape index (κ3) is 4.21. The van der Waals surface area contributed by atoms with E-state index in [9.17, 15) is 9.90 Å². The second kappa shape index (κ2) is 8.21. The van der Waals surface area contributed by atoms with Crippen molar-refractivity contribution in [3.63, 3.8) is 0 Å². The number of hydrogen-bond donors (Lipinski definition) is 1. The number of aryl methyl sites for hydroxylation is 1. The number of aromatic nitrogens is 3. The molecule has 1 aliphatic carbocycles. The average molecular weight is 368 g/mol. The van der Waals surface area contributed by atoms with Crippen molar-refractivity contribution in [2.24, 2.45) is 11.8 Å². The Kier molecular flexibility index (Phi) is 5.53. The van der Waals surface area contributed by atoms with Crippen LogP contribution in [0, 0.1) is 11.8 Å². The van der Waals surface area contributed by atoms with Crippen molar-refractivity contribution in [3.8, 4) is 0 Å². The Morgan fingerprint density at radius 1 is 1.15 bits per heavy atom. The van der Waals surface area contributed by atoms with E-state index >= 15 is 0 Å². The molecule has 4 atom stereocenters. The van der Waals surface area contributed by atoms with Crippen molar-refractivity contribution < 1.29 is 9.90 Å². The van der Waals surface area contributed by atoms with Crippen LogP contribution in [0.15, 0.2) is 43.2 Å². The lowest BCUT2D eigenvalue weighted by Gasteiger charge is -2.35. The molecule has 3 heterocycles. The Balaban J connectivity index is 1.24. The first-order valence-electron chi connectivity index (χ1n) is 10.0. The van der Waals surface area contributed by atoms with E-state index in [4.69, 9.17) is 0 Å². The number of unbranched alkanes of at least 4 members (excludes halogenated alkanes) is 1. The summed E-state index contributed by atoms with van der Waals surface area (Å²) in [4.78, 5) is 22.9. The zero-order chi connectivity index (χ0) is 18.6.